The van der Waals surface area contributed by atoms with E-state index in [1.54, 1.807) is 25.1 Å². The van der Waals surface area contributed by atoms with Crippen molar-refractivity contribution >= 4 is 11.7 Å². The maximum atomic E-state index is 12.5. The molecule has 7 heteroatoms. The van der Waals surface area contributed by atoms with Crippen LogP contribution >= 0.6 is 0 Å². The maximum Gasteiger partial charge on any atom is 0.259 e. The molecule has 1 unspecified atom stereocenters. The number of carbonyl (C=O) groups excluding carboxylic acids is 1. The zero-order valence-electron chi connectivity index (χ0n) is 12.6. The number of nitrogens with one attached hydrogen (secondary N) is 1. The van der Waals surface area contributed by atoms with Gasteiger partial charge in [0, 0.05) is 0 Å². The van der Waals surface area contributed by atoms with Crippen molar-refractivity contribution < 1.29 is 19.5 Å². The minimum atomic E-state index is -0.975. The molecule has 0 aromatic heterocycles. The van der Waals surface area contributed by atoms with E-state index in [0.717, 1.165) is 0 Å². The molecule has 0 bridgehead atoms. The highest BCUT2D eigenvalue weighted by molar-refractivity contribution is 6.03. The van der Waals surface area contributed by atoms with Gasteiger partial charge in [-0.05, 0) is 25.5 Å². The van der Waals surface area contributed by atoms with Crippen molar-refractivity contribution in [3.63, 3.8) is 0 Å². The molecule has 7 nitrogen and oxygen atoms in total. The van der Waals surface area contributed by atoms with Gasteiger partial charge < -0.3 is 25.7 Å². The highest BCUT2D eigenvalue weighted by atomic mass is 16.5. The average molecular weight is 295 g/mol. The third-order valence-corrected chi connectivity index (χ3v) is 3.42. The van der Waals surface area contributed by atoms with E-state index in [1.807, 2.05) is 6.92 Å². The Hall–Kier alpha value is -2.44. The Bertz CT molecular complexity index is 523. The van der Waals surface area contributed by atoms with Crippen molar-refractivity contribution in [3.05, 3.63) is 23.8 Å². The predicted molar refractivity (Wildman–Crippen MR) is 79.1 cm³/mol. The van der Waals surface area contributed by atoms with Crippen molar-refractivity contribution in [2.45, 2.75) is 25.8 Å². The summed E-state index contributed by atoms with van der Waals surface area (Å²) in [4.78, 5) is 12.5. The lowest BCUT2D eigenvalue weighted by atomic mass is 9.96. The van der Waals surface area contributed by atoms with Crippen LogP contribution in [0.25, 0.3) is 0 Å². The molecule has 0 radical (unpaired) electrons. The molecule has 0 heterocycles. The predicted octanol–water partition coefficient (Wildman–Crippen LogP) is 1.35. The molecule has 0 aliphatic rings. The van der Waals surface area contributed by atoms with Gasteiger partial charge in [0.15, 0.2) is 5.84 Å². The molecule has 0 spiro atoms. The molecule has 0 saturated carbocycles. The van der Waals surface area contributed by atoms with Crippen LogP contribution in [0.3, 0.4) is 0 Å². The highest BCUT2D eigenvalue weighted by Gasteiger charge is 2.32. The summed E-state index contributed by atoms with van der Waals surface area (Å²) in [6.07, 6.45) is 0.450. The quantitative estimate of drug-likeness (QED) is 0.318. The van der Waals surface area contributed by atoms with Crippen molar-refractivity contribution in [2.24, 2.45) is 10.9 Å². The van der Waals surface area contributed by atoms with Gasteiger partial charge in [0.2, 0.25) is 0 Å². The zero-order valence-corrected chi connectivity index (χ0v) is 12.6. The molecular weight excluding hydrogens is 274 g/mol. The lowest BCUT2D eigenvalue weighted by Crippen LogP contribution is -2.55. The number of hydrogen-bond acceptors (Lipinski definition) is 5. The Balaban J connectivity index is 3.20. The number of rotatable bonds is 6. The van der Waals surface area contributed by atoms with Gasteiger partial charge in [-0.25, -0.2) is 0 Å². The number of nitrogens with zero attached hydrogens (tertiary/aromatic N) is 1. The summed E-state index contributed by atoms with van der Waals surface area (Å²) in [6, 6.07) is 5.03. The summed E-state index contributed by atoms with van der Waals surface area (Å²) in [5.74, 6) is 0.252. The average Bonchev–Trinajstić information content (AvgIpc) is 2.52. The van der Waals surface area contributed by atoms with Crippen molar-refractivity contribution in [1.29, 1.82) is 0 Å². The third kappa shape index (κ3) is 3.36. The second-order valence-electron chi connectivity index (χ2n) is 4.66. The summed E-state index contributed by atoms with van der Waals surface area (Å²) in [5, 5.41) is 14.6. The fourth-order valence-corrected chi connectivity index (χ4v) is 1.83. The summed E-state index contributed by atoms with van der Waals surface area (Å²) in [5.41, 5.74) is 4.94. The first-order chi connectivity index (χ1) is 9.93. The standard InChI is InChI=1S/C14H21N3O4/c1-5-14(2,13(15)17-19)16-12(18)11-9(20-3)7-6-8-10(11)21-4/h6-8,19H,5H2,1-4H3,(H2,15,17)(H,16,18). The molecule has 1 atom stereocenters. The van der Waals surface area contributed by atoms with Crippen molar-refractivity contribution in [1.82, 2.24) is 5.32 Å². The van der Waals surface area contributed by atoms with Crippen LogP contribution in [0, 0.1) is 0 Å². The first-order valence-electron chi connectivity index (χ1n) is 6.45. The molecule has 4 N–H and O–H groups in total. The Kier molecular flexibility index (Phi) is 5.40. The minimum absolute atomic E-state index is 0.0767. The molecule has 1 rings (SSSR count). The van der Waals surface area contributed by atoms with E-state index in [9.17, 15) is 4.79 Å². The number of amidine groups is 1. The van der Waals surface area contributed by atoms with E-state index in [0.29, 0.717) is 17.9 Å². The van der Waals surface area contributed by atoms with Crippen LogP contribution in [0.15, 0.2) is 23.4 Å². The van der Waals surface area contributed by atoms with Gasteiger partial charge in [-0.3, -0.25) is 4.79 Å². The summed E-state index contributed by atoms with van der Waals surface area (Å²) in [7, 11) is 2.93. The molecule has 0 aliphatic heterocycles. The summed E-state index contributed by atoms with van der Waals surface area (Å²) in [6.45, 7) is 3.49. The topological polar surface area (TPSA) is 106 Å². The first kappa shape index (κ1) is 16.6. The van der Waals surface area contributed by atoms with Crippen LogP contribution in [0.4, 0.5) is 0 Å². The number of ether oxygens (including phenoxy) is 2. The van der Waals surface area contributed by atoms with E-state index in [1.165, 1.54) is 14.2 Å². The van der Waals surface area contributed by atoms with Crippen LogP contribution in [0.2, 0.25) is 0 Å². The van der Waals surface area contributed by atoms with E-state index in [-0.39, 0.29) is 11.4 Å². The zero-order chi connectivity index (χ0) is 16.0. The van der Waals surface area contributed by atoms with Crippen molar-refractivity contribution in [2.75, 3.05) is 14.2 Å². The Labute approximate surface area is 123 Å². The Morgan fingerprint density at radius 1 is 1.38 bits per heavy atom. The van der Waals surface area contributed by atoms with Gasteiger partial charge in [-0.15, -0.1) is 0 Å². The number of benzene rings is 1. The summed E-state index contributed by atoms with van der Waals surface area (Å²) >= 11 is 0. The molecule has 1 aromatic rings. The molecule has 1 aromatic carbocycles. The van der Waals surface area contributed by atoms with Crippen molar-refractivity contribution in [3.8, 4) is 11.5 Å². The van der Waals surface area contributed by atoms with Crippen LogP contribution < -0.4 is 20.5 Å². The Morgan fingerprint density at radius 3 is 2.29 bits per heavy atom. The van der Waals surface area contributed by atoms with Gasteiger partial charge in [-0.2, -0.15) is 0 Å². The second kappa shape index (κ2) is 6.83. The molecular formula is C14H21N3O4. The number of oxime groups is 1. The van der Waals surface area contributed by atoms with Crippen LogP contribution in [-0.2, 0) is 0 Å². The highest BCUT2D eigenvalue weighted by Crippen LogP contribution is 2.28. The fourth-order valence-electron chi connectivity index (χ4n) is 1.83. The molecule has 116 valence electrons. The van der Waals surface area contributed by atoms with Gasteiger partial charge in [0.05, 0.1) is 19.8 Å². The molecule has 1 amide bonds. The minimum Gasteiger partial charge on any atom is -0.496 e. The van der Waals surface area contributed by atoms with E-state index in [2.05, 4.69) is 10.5 Å². The SMILES string of the molecule is CCC(C)(NC(=O)c1c(OC)cccc1OC)/C(N)=N/O. The molecule has 0 saturated heterocycles. The molecule has 0 fully saturated rings. The lowest BCUT2D eigenvalue weighted by molar-refractivity contribution is 0.0918. The van der Waals surface area contributed by atoms with Gasteiger partial charge in [0.1, 0.15) is 17.1 Å². The van der Waals surface area contributed by atoms with Crippen LogP contribution in [0.5, 0.6) is 11.5 Å². The number of hydrogen-bond donors (Lipinski definition) is 3. The van der Waals surface area contributed by atoms with Gasteiger partial charge in [0.25, 0.3) is 5.91 Å². The van der Waals surface area contributed by atoms with Gasteiger partial charge in [-0.1, -0.05) is 18.1 Å². The maximum absolute atomic E-state index is 12.5. The number of methoxy groups -OCH3 is 2. The Morgan fingerprint density at radius 2 is 1.90 bits per heavy atom. The van der Waals surface area contributed by atoms with Gasteiger partial charge >= 0.3 is 0 Å². The lowest BCUT2D eigenvalue weighted by Gasteiger charge is -2.28. The first-order valence-corrected chi connectivity index (χ1v) is 6.45. The molecule has 21 heavy (non-hydrogen) atoms. The van der Waals surface area contributed by atoms with E-state index < -0.39 is 11.4 Å². The van der Waals surface area contributed by atoms with Crippen LogP contribution in [0.1, 0.15) is 30.6 Å². The smallest absolute Gasteiger partial charge is 0.259 e. The summed E-state index contributed by atoms with van der Waals surface area (Å²) < 4.78 is 10.4. The molecule has 0 aliphatic carbocycles. The number of carbonyl (C=O) groups is 1. The fraction of sp³-hybridized carbons (Fsp3) is 0.429. The third-order valence-electron chi connectivity index (χ3n) is 3.42. The second-order valence-corrected chi connectivity index (χ2v) is 4.66. The number of nitrogens with two attached hydrogens (primary N) is 1. The number of amides is 1. The largest absolute Gasteiger partial charge is 0.496 e. The van der Waals surface area contributed by atoms with E-state index >= 15 is 0 Å². The normalized spacial score (nSPS) is 14.2. The van der Waals surface area contributed by atoms with Crippen LogP contribution in [-0.4, -0.2) is 36.7 Å². The van der Waals surface area contributed by atoms with E-state index in [4.69, 9.17) is 20.4 Å². The monoisotopic (exact) mass is 295 g/mol.